The summed E-state index contributed by atoms with van der Waals surface area (Å²) in [6, 6.07) is 23.5. The molecule has 5 rings (SSSR count). The Hall–Kier alpha value is -3.86. The molecule has 35 heavy (non-hydrogen) atoms. The highest BCUT2D eigenvalue weighted by molar-refractivity contribution is 6.13. The van der Waals surface area contributed by atoms with Crippen LogP contribution in [0.15, 0.2) is 83.9 Å². The average molecular weight is 465 g/mol. The van der Waals surface area contributed by atoms with E-state index in [2.05, 4.69) is 13.8 Å². The first-order chi connectivity index (χ1) is 16.7. The van der Waals surface area contributed by atoms with Gasteiger partial charge in [0.25, 0.3) is 0 Å². The van der Waals surface area contributed by atoms with Gasteiger partial charge in [-0.25, -0.2) is 0 Å². The van der Waals surface area contributed by atoms with Gasteiger partial charge >= 0.3 is 0 Å². The Balaban J connectivity index is 1.63. The number of fused-ring (bicyclic) bond motifs is 2. The lowest BCUT2D eigenvalue weighted by molar-refractivity contribution is -0.124. The molecule has 1 saturated carbocycles. The molecule has 2 unspecified atom stereocenters. The van der Waals surface area contributed by atoms with E-state index in [-0.39, 0.29) is 22.9 Å². The molecule has 1 aliphatic carbocycles. The Morgan fingerprint density at radius 1 is 0.857 bits per heavy atom. The first kappa shape index (κ1) is 22.9. The molecule has 0 saturated heterocycles. The maximum Gasteiger partial charge on any atom is 0.224 e. The van der Waals surface area contributed by atoms with Crippen molar-refractivity contribution in [3.63, 3.8) is 0 Å². The molecule has 1 heterocycles. The zero-order valence-corrected chi connectivity index (χ0v) is 20.2. The van der Waals surface area contributed by atoms with Crippen LogP contribution in [0.5, 0.6) is 0 Å². The summed E-state index contributed by atoms with van der Waals surface area (Å²) in [5.41, 5.74) is 4.02. The van der Waals surface area contributed by atoms with Crippen LogP contribution in [-0.2, 0) is 9.59 Å². The minimum absolute atomic E-state index is 0.0653. The van der Waals surface area contributed by atoms with Gasteiger partial charge in [-0.2, -0.15) is 0 Å². The monoisotopic (exact) mass is 464 g/mol. The molecule has 0 radical (unpaired) electrons. The number of carbonyl (C=O) groups excluding carboxylic acids is 3. The number of nitrogens with zero attached hydrogens (tertiary/aromatic N) is 2. The molecule has 3 aromatic carbocycles. The van der Waals surface area contributed by atoms with Crippen LogP contribution in [0.1, 0.15) is 61.1 Å². The van der Waals surface area contributed by atoms with E-state index in [9.17, 15) is 14.4 Å². The number of Topliss-reactive ketones (excluding diaryl/α,β-unsaturated/α-hetero) is 1. The molecular weight excluding hydrogens is 436 g/mol. The van der Waals surface area contributed by atoms with Crippen molar-refractivity contribution < 1.29 is 14.4 Å². The largest absolute Gasteiger partial charge is 0.302 e. The summed E-state index contributed by atoms with van der Waals surface area (Å²) in [4.78, 5) is 46.3. The second-order valence-electron chi connectivity index (χ2n) is 10.2. The van der Waals surface area contributed by atoms with Crippen LogP contribution in [0.4, 0.5) is 11.4 Å². The van der Waals surface area contributed by atoms with Crippen molar-refractivity contribution in [2.75, 3.05) is 4.90 Å². The molecule has 3 aromatic rings. The normalized spacial score (nSPS) is 20.8. The number of carbonyl (C=O) groups is 3. The third-order valence-corrected chi connectivity index (χ3v) is 6.91. The van der Waals surface area contributed by atoms with E-state index in [4.69, 9.17) is 4.99 Å². The van der Waals surface area contributed by atoms with Gasteiger partial charge in [-0.1, -0.05) is 80.6 Å². The van der Waals surface area contributed by atoms with Crippen molar-refractivity contribution in [1.29, 1.82) is 0 Å². The summed E-state index contributed by atoms with van der Waals surface area (Å²) < 4.78 is 0. The first-order valence-electron chi connectivity index (χ1n) is 11.9. The van der Waals surface area contributed by atoms with Crippen LogP contribution in [0, 0.1) is 11.3 Å². The lowest BCUT2D eigenvalue weighted by Gasteiger charge is -2.40. The summed E-state index contributed by atoms with van der Waals surface area (Å²) >= 11 is 0. The Kier molecular flexibility index (Phi) is 5.72. The predicted molar refractivity (Wildman–Crippen MR) is 137 cm³/mol. The zero-order valence-electron chi connectivity index (χ0n) is 20.2. The fourth-order valence-corrected chi connectivity index (χ4v) is 5.41. The number of para-hydroxylation sites is 2. The molecule has 0 N–H and O–H groups in total. The second-order valence-corrected chi connectivity index (χ2v) is 10.2. The fraction of sp³-hybridized carbons (Fsp3) is 0.267. The highest BCUT2D eigenvalue weighted by atomic mass is 16.2. The molecule has 0 bridgehead atoms. The number of anilines is 1. The van der Waals surface area contributed by atoms with Gasteiger partial charge in [0.2, 0.25) is 5.91 Å². The summed E-state index contributed by atoms with van der Waals surface area (Å²) in [6.45, 7) is 5.70. The Bertz CT molecular complexity index is 1340. The first-order valence-corrected chi connectivity index (χ1v) is 11.9. The molecule has 1 amide bonds. The number of aliphatic imine (C=N–C) groups is 1. The van der Waals surface area contributed by atoms with Crippen molar-refractivity contribution in [2.45, 2.75) is 39.7 Å². The van der Waals surface area contributed by atoms with Crippen LogP contribution >= 0.6 is 0 Å². The minimum atomic E-state index is -0.532. The van der Waals surface area contributed by atoms with Gasteiger partial charge in [0.05, 0.1) is 23.3 Å². The molecule has 2 aliphatic rings. The molecular formula is C30H28N2O3. The van der Waals surface area contributed by atoms with Gasteiger partial charge in [-0.15, -0.1) is 0 Å². The van der Waals surface area contributed by atoms with Gasteiger partial charge in [-0.05, 0) is 29.5 Å². The molecule has 1 aliphatic heterocycles. The van der Waals surface area contributed by atoms with Crippen LogP contribution in [0.2, 0.25) is 0 Å². The topological polar surface area (TPSA) is 66.8 Å². The third-order valence-electron chi connectivity index (χ3n) is 6.91. The number of hydrogen-bond donors (Lipinski definition) is 0. The van der Waals surface area contributed by atoms with E-state index in [0.717, 1.165) is 11.3 Å². The third kappa shape index (κ3) is 4.23. The molecule has 1 fully saturated rings. The molecule has 176 valence electrons. The number of ketones is 2. The van der Waals surface area contributed by atoms with E-state index in [1.165, 1.54) is 6.92 Å². The van der Waals surface area contributed by atoms with Crippen molar-refractivity contribution >= 4 is 34.6 Å². The van der Waals surface area contributed by atoms with Gasteiger partial charge in [0.15, 0.2) is 5.78 Å². The Morgan fingerprint density at radius 3 is 2.17 bits per heavy atom. The molecule has 2 atom stereocenters. The lowest BCUT2D eigenvalue weighted by atomic mass is 9.68. The summed E-state index contributed by atoms with van der Waals surface area (Å²) in [6.07, 6.45) is 1.12. The van der Waals surface area contributed by atoms with Crippen molar-refractivity contribution in [1.82, 2.24) is 0 Å². The Morgan fingerprint density at radius 2 is 1.49 bits per heavy atom. The number of benzene rings is 3. The highest BCUT2D eigenvalue weighted by Crippen LogP contribution is 2.48. The van der Waals surface area contributed by atoms with Crippen molar-refractivity contribution in [3.8, 4) is 0 Å². The number of rotatable bonds is 3. The maximum atomic E-state index is 13.6. The van der Waals surface area contributed by atoms with Gasteiger partial charge in [-0.3, -0.25) is 19.4 Å². The second kappa shape index (κ2) is 8.73. The quantitative estimate of drug-likeness (QED) is 0.440. The molecule has 5 nitrogen and oxygen atoms in total. The van der Waals surface area contributed by atoms with Gasteiger partial charge < -0.3 is 4.90 Å². The maximum absolute atomic E-state index is 13.6. The van der Waals surface area contributed by atoms with E-state index in [0.29, 0.717) is 35.3 Å². The van der Waals surface area contributed by atoms with E-state index in [1.807, 2.05) is 54.6 Å². The molecule has 0 aromatic heterocycles. The average Bonchev–Trinajstić information content (AvgIpc) is 2.98. The van der Waals surface area contributed by atoms with Crippen LogP contribution in [-0.4, -0.2) is 23.2 Å². The van der Waals surface area contributed by atoms with Crippen LogP contribution in [0.3, 0.4) is 0 Å². The summed E-state index contributed by atoms with van der Waals surface area (Å²) in [5, 5.41) is 0. The molecule has 5 heteroatoms. The van der Waals surface area contributed by atoms with Crippen molar-refractivity contribution in [3.05, 3.63) is 95.6 Å². The minimum Gasteiger partial charge on any atom is -0.302 e. The highest BCUT2D eigenvalue weighted by Gasteiger charge is 2.47. The summed E-state index contributed by atoms with van der Waals surface area (Å²) in [7, 11) is 0. The van der Waals surface area contributed by atoms with Gasteiger partial charge in [0.1, 0.15) is 5.78 Å². The van der Waals surface area contributed by atoms with Crippen LogP contribution in [0.25, 0.3) is 0 Å². The van der Waals surface area contributed by atoms with Gasteiger partial charge in [0, 0.05) is 30.2 Å². The zero-order chi connectivity index (χ0) is 24.7. The number of amides is 1. The SMILES string of the molecule is CC(=O)N1c2ccccc2N=C2CC(C)(C)CC(=O)C2C1c1ccc(C(=O)c2ccccc2)cc1. The van der Waals surface area contributed by atoms with E-state index >= 15 is 0 Å². The molecule has 0 spiro atoms. The number of hydrogen-bond acceptors (Lipinski definition) is 4. The predicted octanol–water partition coefficient (Wildman–Crippen LogP) is 6.10. The summed E-state index contributed by atoms with van der Waals surface area (Å²) in [5.74, 6) is -0.658. The van der Waals surface area contributed by atoms with E-state index in [1.54, 1.807) is 29.2 Å². The Labute approximate surface area is 205 Å². The van der Waals surface area contributed by atoms with E-state index < -0.39 is 12.0 Å². The lowest BCUT2D eigenvalue weighted by Crippen LogP contribution is -2.46. The smallest absolute Gasteiger partial charge is 0.224 e. The van der Waals surface area contributed by atoms with Crippen LogP contribution < -0.4 is 4.90 Å². The van der Waals surface area contributed by atoms with Crippen molar-refractivity contribution in [2.24, 2.45) is 16.3 Å². The standard InChI is InChI=1S/C30H28N2O3/c1-19(33)32-25-12-8-7-11-23(25)31-24-17-30(2,3)18-26(34)27(24)28(32)20-13-15-22(16-14-20)29(35)21-9-5-4-6-10-21/h4-16,27-28H,17-18H2,1-3H3. The fourth-order valence-electron chi connectivity index (χ4n) is 5.41.